The number of likely N-dealkylation sites (tertiary alicyclic amines) is 1. The molecule has 2 aromatic rings. The summed E-state index contributed by atoms with van der Waals surface area (Å²) in [4.78, 5) is 59.2. The van der Waals surface area contributed by atoms with Crippen LogP contribution in [-0.4, -0.2) is 82.1 Å². The number of ether oxygens (including phenoxy) is 2. The average Bonchev–Trinajstić information content (AvgIpc) is 3.42. The molecule has 2 aromatic carbocycles. The molecule has 2 N–H and O–H groups in total. The van der Waals surface area contributed by atoms with Gasteiger partial charge in [-0.3, -0.25) is 19.2 Å². The SMILES string of the molecule is CC(C)N1CC=C[C@@]23O[C@H]4/C=C\CCC(=O)OC[C@H](c5ccccc5)NC(=O)[C@H]4[C@@H]2C(=O)N([C@H](CO)c2ccccc2)[C@H]3C1=O. The number of cyclic esters (lactones) is 1. The number of aliphatic hydroxyl groups is 1. The molecule has 7 atom stereocenters. The van der Waals surface area contributed by atoms with Gasteiger partial charge in [0.1, 0.15) is 18.2 Å². The van der Waals surface area contributed by atoms with Crippen molar-refractivity contribution in [1.82, 2.24) is 15.1 Å². The van der Waals surface area contributed by atoms with E-state index in [2.05, 4.69) is 5.32 Å². The van der Waals surface area contributed by atoms with Crippen LogP contribution in [-0.2, 0) is 28.7 Å². The lowest BCUT2D eigenvalue weighted by molar-refractivity contribution is -0.152. The first-order valence-electron chi connectivity index (χ1n) is 15.6. The number of nitrogens with one attached hydrogen (secondary N) is 1. The van der Waals surface area contributed by atoms with Crippen LogP contribution < -0.4 is 5.32 Å². The molecule has 10 nitrogen and oxygen atoms in total. The van der Waals surface area contributed by atoms with E-state index in [4.69, 9.17) is 9.47 Å². The molecule has 2 fully saturated rings. The van der Waals surface area contributed by atoms with E-state index in [1.807, 2.05) is 80.6 Å². The molecule has 2 saturated heterocycles. The number of allylic oxidation sites excluding steroid dienone is 1. The maximum atomic E-state index is 14.8. The molecular weight excluding hydrogens is 574 g/mol. The van der Waals surface area contributed by atoms with Crippen LogP contribution in [0.1, 0.15) is 49.9 Å². The van der Waals surface area contributed by atoms with Crippen molar-refractivity contribution in [3.05, 3.63) is 96.1 Å². The molecule has 0 unspecified atom stereocenters. The highest BCUT2D eigenvalue weighted by molar-refractivity contribution is 6.00. The van der Waals surface area contributed by atoms with Crippen LogP contribution >= 0.6 is 0 Å². The Morgan fingerprint density at radius 3 is 2.38 bits per heavy atom. The van der Waals surface area contributed by atoms with E-state index in [0.717, 1.165) is 5.56 Å². The molecule has 0 saturated carbocycles. The molecule has 0 aliphatic carbocycles. The first-order chi connectivity index (χ1) is 21.8. The van der Waals surface area contributed by atoms with Gasteiger partial charge in [-0.1, -0.05) is 85.0 Å². The zero-order chi connectivity index (χ0) is 31.7. The van der Waals surface area contributed by atoms with Crippen LogP contribution in [0.3, 0.4) is 0 Å². The monoisotopic (exact) mass is 613 g/mol. The minimum absolute atomic E-state index is 0.0720. The van der Waals surface area contributed by atoms with E-state index in [9.17, 15) is 24.3 Å². The Morgan fingerprint density at radius 2 is 1.69 bits per heavy atom. The average molecular weight is 614 g/mol. The predicted molar refractivity (Wildman–Crippen MR) is 164 cm³/mol. The van der Waals surface area contributed by atoms with Crippen molar-refractivity contribution >= 4 is 23.7 Å². The van der Waals surface area contributed by atoms with Gasteiger partial charge in [-0.15, -0.1) is 0 Å². The minimum Gasteiger partial charge on any atom is -0.463 e. The van der Waals surface area contributed by atoms with Gasteiger partial charge in [0.25, 0.3) is 0 Å². The van der Waals surface area contributed by atoms with E-state index in [1.165, 1.54) is 4.90 Å². The molecule has 236 valence electrons. The van der Waals surface area contributed by atoms with Crippen LogP contribution in [0.15, 0.2) is 85.0 Å². The molecular formula is C35H39N3O7. The maximum Gasteiger partial charge on any atom is 0.306 e. The Hall–Kier alpha value is -4.28. The first-order valence-corrected chi connectivity index (χ1v) is 15.6. The Kier molecular flexibility index (Phi) is 8.61. The van der Waals surface area contributed by atoms with E-state index < -0.39 is 60.1 Å². The third-order valence-electron chi connectivity index (χ3n) is 9.35. The van der Waals surface area contributed by atoms with Crippen molar-refractivity contribution in [3.63, 3.8) is 0 Å². The highest BCUT2D eigenvalue weighted by Crippen LogP contribution is 2.54. The maximum absolute atomic E-state index is 14.8. The Morgan fingerprint density at radius 1 is 0.978 bits per heavy atom. The molecule has 6 rings (SSSR count). The number of aliphatic hydroxyl groups excluding tert-OH is 1. The topological polar surface area (TPSA) is 125 Å². The van der Waals surface area contributed by atoms with Crippen molar-refractivity contribution in [2.45, 2.75) is 62.6 Å². The van der Waals surface area contributed by atoms with Crippen LogP contribution in [0, 0.1) is 11.8 Å². The van der Waals surface area contributed by atoms with Gasteiger partial charge in [0, 0.05) is 19.0 Å². The van der Waals surface area contributed by atoms with Crippen LogP contribution in [0.5, 0.6) is 0 Å². The largest absolute Gasteiger partial charge is 0.463 e. The molecule has 4 aliphatic rings. The third-order valence-corrected chi connectivity index (χ3v) is 9.35. The summed E-state index contributed by atoms with van der Waals surface area (Å²) in [5, 5.41) is 13.7. The number of esters is 1. The molecule has 4 heterocycles. The number of hydrogen-bond acceptors (Lipinski definition) is 7. The minimum atomic E-state index is -1.47. The number of amides is 3. The summed E-state index contributed by atoms with van der Waals surface area (Å²) in [7, 11) is 0. The van der Waals surface area contributed by atoms with E-state index in [-0.39, 0.29) is 30.9 Å². The predicted octanol–water partition coefficient (Wildman–Crippen LogP) is 2.86. The standard InChI is InChI=1S/C35H39N3O7/c1-22(2)37-19-11-18-35-30(33(42)38(31(35)34(37)43)26(20-39)24-14-7-4-8-15-24)29-27(45-35)16-9-10-17-28(40)44-21-25(36-32(29)41)23-12-5-3-6-13-23/h3-9,11-16,18,22,25-27,29-31,39H,10,17,19-21H2,1-2H3,(H,36,41)/b16-9-/t25-,26-,27+,29-,30-,31+,35-/m1/s1. The van der Waals surface area contributed by atoms with E-state index in [0.29, 0.717) is 18.5 Å². The van der Waals surface area contributed by atoms with Gasteiger partial charge in [0.05, 0.1) is 36.6 Å². The van der Waals surface area contributed by atoms with Crippen molar-refractivity contribution in [2.24, 2.45) is 11.8 Å². The number of hydrogen-bond donors (Lipinski definition) is 2. The van der Waals surface area contributed by atoms with Crippen molar-refractivity contribution in [2.75, 3.05) is 19.8 Å². The number of carbonyl (C=O) groups excluding carboxylic acids is 4. The van der Waals surface area contributed by atoms with E-state index >= 15 is 0 Å². The second-order valence-corrected chi connectivity index (χ2v) is 12.3. The van der Waals surface area contributed by atoms with Gasteiger partial charge < -0.3 is 29.7 Å². The second kappa shape index (κ2) is 12.6. The smallest absolute Gasteiger partial charge is 0.306 e. The quantitative estimate of drug-likeness (QED) is 0.393. The fourth-order valence-corrected chi connectivity index (χ4v) is 7.22. The fourth-order valence-electron chi connectivity index (χ4n) is 7.22. The Balaban J connectivity index is 1.47. The second-order valence-electron chi connectivity index (χ2n) is 12.3. The number of carbonyl (C=O) groups is 4. The molecule has 10 heteroatoms. The number of benzene rings is 2. The van der Waals surface area contributed by atoms with Gasteiger partial charge in [-0.25, -0.2) is 0 Å². The van der Waals surface area contributed by atoms with E-state index in [1.54, 1.807) is 23.1 Å². The van der Waals surface area contributed by atoms with Crippen molar-refractivity contribution in [1.29, 1.82) is 0 Å². The van der Waals surface area contributed by atoms with Gasteiger partial charge >= 0.3 is 5.97 Å². The highest BCUT2D eigenvalue weighted by atomic mass is 16.5. The summed E-state index contributed by atoms with van der Waals surface area (Å²) < 4.78 is 12.3. The molecule has 4 aliphatic heterocycles. The number of nitrogens with zero attached hydrogens (tertiary/aromatic N) is 2. The molecule has 3 amide bonds. The summed E-state index contributed by atoms with van der Waals surface area (Å²) in [6, 6.07) is 15.5. The third kappa shape index (κ3) is 5.46. The molecule has 1 spiro atoms. The van der Waals surface area contributed by atoms with Gasteiger partial charge in [0.2, 0.25) is 17.7 Å². The molecule has 0 aromatic heterocycles. The lowest BCUT2D eigenvalue weighted by atomic mass is 9.77. The summed E-state index contributed by atoms with van der Waals surface area (Å²) in [5.41, 5.74) is -0.0486. The van der Waals surface area contributed by atoms with Gasteiger partial charge in [0.15, 0.2) is 0 Å². The van der Waals surface area contributed by atoms with Crippen LogP contribution in [0.25, 0.3) is 0 Å². The first kappa shape index (κ1) is 30.7. The summed E-state index contributed by atoms with van der Waals surface area (Å²) in [5.74, 6) is -3.62. The van der Waals surface area contributed by atoms with Gasteiger partial charge in [-0.05, 0) is 31.4 Å². The fraction of sp³-hybridized carbons (Fsp3) is 0.429. The molecule has 0 radical (unpaired) electrons. The Bertz CT molecular complexity index is 1490. The highest BCUT2D eigenvalue weighted by Gasteiger charge is 2.72. The van der Waals surface area contributed by atoms with Crippen LogP contribution in [0.2, 0.25) is 0 Å². The van der Waals surface area contributed by atoms with Crippen molar-refractivity contribution in [3.8, 4) is 0 Å². The van der Waals surface area contributed by atoms with Gasteiger partial charge in [-0.2, -0.15) is 0 Å². The number of fused-ring (bicyclic) bond motifs is 2. The number of rotatable bonds is 5. The lowest BCUT2D eigenvalue weighted by Gasteiger charge is -2.39. The summed E-state index contributed by atoms with van der Waals surface area (Å²) in [6.45, 7) is 3.64. The summed E-state index contributed by atoms with van der Waals surface area (Å²) in [6.07, 6.45) is 6.77. The molecule has 0 bridgehead atoms. The summed E-state index contributed by atoms with van der Waals surface area (Å²) >= 11 is 0. The van der Waals surface area contributed by atoms with Crippen LogP contribution in [0.4, 0.5) is 0 Å². The molecule has 45 heavy (non-hydrogen) atoms. The lowest BCUT2D eigenvalue weighted by Crippen LogP contribution is -2.57. The zero-order valence-electron chi connectivity index (χ0n) is 25.5. The zero-order valence-corrected chi connectivity index (χ0v) is 25.5. The van der Waals surface area contributed by atoms with Crippen molar-refractivity contribution < 1.29 is 33.8 Å². The Labute approximate surface area is 262 Å². The normalized spacial score (nSPS) is 31.6.